The molecule has 4 heteroatoms. The molecule has 0 saturated carbocycles. The fourth-order valence-corrected chi connectivity index (χ4v) is 1.46. The maximum absolute atomic E-state index is 8.80. The quantitative estimate of drug-likeness (QED) is 0.555. The minimum absolute atomic E-state index is 0.534. The number of hydrogen-bond acceptors (Lipinski definition) is 3. The lowest BCUT2D eigenvalue weighted by atomic mass is 10.1. The largest absolute Gasteiger partial charge is 0.376 e. The number of nitrogens with zero attached hydrogens (tertiary/aromatic N) is 3. The summed E-state index contributed by atoms with van der Waals surface area (Å²) in [6.07, 6.45) is 0.824. The van der Waals surface area contributed by atoms with Crippen molar-refractivity contribution in [1.82, 2.24) is 9.78 Å². The standard InChI is InChI=1S/C8H9N3O/c1-11-8(4-9)6-5-12-3-2-7(6)10-11/h2-3,5H2,1H3. The third-order valence-electron chi connectivity index (χ3n) is 2.06. The van der Waals surface area contributed by atoms with Gasteiger partial charge in [0.15, 0.2) is 0 Å². The van der Waals surface area contributed by atoms with Gasteiger partial charge in [-0.05, 0) is 0 Å². The second-order valence-corrected chi connectivity index (χ2v) is 2.81. The molecular weight excluding hydrogens is 154 g/mol. The Morgan fingerprint density at radius 3 is 3.25 bits per heavy atom. The van der Waals surface area contributed by atoms with Crippen LogP contribution >= 0.6 is 0 Å². The highest BCUT2D eigenvalue weighted by atomic mass is 16.5. The van der Waals surface area contributed by atoms with Gasteiger partial charge in [0.25, 0.3) is 0 Å². The van der Waals surface area contributed by atoms with Gasteiger partial charge in [-0.25, -0.2) is 0 Å². The molecule has 2 heterocycles. The number of nitriles is 1. The molecule has 62 valence electrons. The highest BCUT2D eigenvalue weighted by Crippen LogP contribution is 2.18. The maximum atomic E-state index is 8.80. The first-order valence-electron chi connectivity index (χ1n) is 3.85. The van der Waals surface area contributed by atoms with Crippen LogP contribution in [0.4, 0.5) is 0 Å². The van der Waals surface area contributed by atoms with Crippen molar-refractivity contribution in [3.63, 3.8) is 0 Å². The third kappa shape index (κ3) is 0.908. The van der Waals surface area contributed by atoms with E-state index in [0.29, 0.717) is 12.3 Å². The van der Waals surface area contributed by atoms with E-state index in [1.165, 1.54) is 0 Å². The summed E-state index contributed by atoms with van der Waals surface area (Å²) in [6.45, 7) is 1.25. The summed E-state index contributed by atoms with van der Waals surface area (Å²) >= 11 is 0. The van der Waals surface area contributed by atoms with Gasteiger partial charge in [0.05, 0.1) is 18.9 Å². The lowest BCUT2D eigenvalue weighted by Crippen LogP contribution is -2.08. The zero-order chi connectivity index (χ0) is 8.55. The van der Waals surface area contributed by atoms with Crippen molar-refractivity contribution in [2.24, 2.45) is 7.05 Å². The summed E-state index contributed by atoms with van der Waals surface area (Å²) in [5, 5.41) is 13.0. The van der Waals surface area contributed by atoms with Gasteiger partial charge in [0, 0.05) is 19.0 Å². The molecule has 0 radical (unpaired) electrons. The zero-order valence-electron chi connectivity index (χ0n) is 6.87. The molecule has 4 nitrogen and oxygen atoms in total. The number of fused-ring (bicyclic) bond motifs is 1. The Balaban J connectivity index is 2.56. The molecule has 0 aliphatic carbocycles. The van der Waals surface area contributed by atoms with Crippen LogP contribution in [-0.2, 0) is 24.8 Å². The molecule has 1 aliphatic heterocycles. The topological polar surface area (TPSA) is 50.8 Å². The lowest BCUT2D eigenvalue weighted by molar-refractivity contribution is 0.110. The molecule has 12 heavy (non-hydrogen) atoms. The minimum Gasteiger partial charge on any atom is -0.376 e. The van der Waals surface area contributed by atoms with E-state index in [2.05, 4.69) is 11.2 Å². The number of hydrogen-bond donors (Lipinski definition) is 0. The summed E-state index contributed by atoms with van der Waals surface area (Å²) in [7, 11) is 1.79. The summed E-state index contributed by atoms with van der Waals surface area (Å²) in [6, 6.07) is 2.12. The van der Waals surface area contributed by atoms with Gasteiger partial charge < -0.3 is 4.74 Å². The van der Waals surface area contributed by atoms with Crippen LogP contribution in [0.25, 0.3) is 0 Å². The van der Waals surface area contributed by atoms with Gasteiger partial charge in [-0.1, -0.05) is 0 Å². The van der Waals surface area contributed by atoms with Crippen LogP contribution in [0.5, 0.6) is 0 Å². The molecule has 0 saturated heterocycles. The van der Waals surface area contributed by atoms with Gasteiger partial charge in [-0.2, -0.15) is 10.4 Å². The normalized spacial score (nSPS) is 15.3. The fraction of sp³-hybridized carbons (Fsp3) is 0.500. The second-order valence-electron chi connectivity index (χ2n) is 2.81. The van der Waals surface area contributed by atoms with Crippen LogP contribution in [0.3, 0.4) is 0 Å². The highest BCUT2D eigenvalue weighted by molar-refractivity contribution is 5.35. The summed E-state index contributed by atoms with van der Waals surface area (Å²) in [5.74, 6) is 0. The lowest BCUT2D eigenvalue weighted by Gasteiger charge is -2.09. The van der Waals surface area contributed by atoms with Gasteiger partial charge in [0.1, 0.15) is 11.8 Å². The zero-order valence-corrected chi connectivity index (χ0v) is 6.87. The van der Waals surface area contributed by atoms with Crippen LogP contribution < -0.4 is 0 Å². The van der Waals surface area contributed by atoms with Crippen molar-refractivity contribution in [2.75, 3.05) is 6.61 Å². The van der Waals surface area contributed by atoms with E-state index >= 15 is 0 Å². The summed E-state index contributed by atoms with van der Waals surface area (Å²) < 4.78 is 6.87. The molecule has 0 amide bonds. The molecule has 1 aromatic rings. The molecule has 0 unspecified atom stereocenters. The van der Waals surface area contributed by atoms with Crippen LogP contribution in [0.1, 0.15) is 17.0 Å². The Labute approximate surface area is 70.4 Å². The van der Waals surface area contributed by atoms with E-state index < -0.39 is 0 Å². The first-order valence-corrected chi connectivity index (χ1v) is 3.85. The summed E-state index contributed by atoms with van der Waals surface area (Å²) in [4.78, 5) is 0. The van der Waals surface area contributed by atoms with Gasteiger partial charge in [-0.15, -0.1) is 0 Å². The molecule has 2 rings (SSSR count). The number of rotatable bonds is 0. The van der Waals surface area contributed by atoms with Gasteiger partial charge in [0.2, 0.25) is 0 Å². The van der Waals surface area contributed by atoms with Crippen LogP contribution in [0.15, 0.2) is 0 Å². The number of aromatic nitrogens is 2. The van der Waals surface area contributed by atoms with Crippen molar-refractivity contribution >= 4 is 0 Å². The van der Waals surface area contributed by atoms with Gasteiger partial charge >= 0.3 is 0 Å². The van der Waals surface area contributed by atoms with Crippen LogP contribution in [0.2, 0.25) is 0 Å². The Kier molecular flexibility index (Phi) is 1.59. The third-order valence-corrected chi connectivity index (χ3v) is 2.06. The molecule has 1 aromatic heterocycles. The van der Waals surface area contributed by atoms with Gasteiger partial charge in [-0.3, -0.25) is 4.68 Å². The average molecular weight is 163 g/mol. The Hall–Kier alpha value is -1.34. The van der Waals surface area contributed by atoms with E-state index in [0.717, 1.165) is 24.3 Å². The van der Waals surface area contributed by atoms with Crippen molar-refractivity contribution in [1.29, 1.82) is 5.26 Å². The van der Waals surface area contributed by atoms with Crippen LogP contribution in [-0.4, -0.2) is 16.4 Å². The monoisotopic (exact) mass is 163 g/mol. The van der Waals surface area contributed by atoms with Crippen molar-refractivity contribution < 1.29 is 4.74 Å². The first-order chi connectivity index (χ1) is 5.83. The van der Waals surface area contributed by atoms with Crippen molar-refractivity contribution in [3.8, 4) is 6.07 Å². The van der Waals surface area contributed by atoms with E-state index in [1.54, 1.807) is 11.7 Å². The van der Waals surface area contributed by atoms with Crippen molar-refractivity contribution in [2.45, 2.75) is 13.0 Å². The average Bonchev–Trinajstić information content (AvgIpc) is 2.40. The Morgan fingerprint density at radius 1 is 1.67 bits per heavy atom. The molecule has 0 atom stereocenters. The predicted molar refractivity (Wildman–Crippen MR) is 41.3 cm³/mol. The Morgan fingerprint density at radius 2 is 2.50 bits per heavy atom. The van der Waals surface area contributed by atoms with E-state index in [4.69, 9.17) is 10.00 Å². The molecule has 0 N–H and O–H groups in total. The molecule has 1 aliphatic rings. The SMILES string of the molecule is Cn1nc2c(c1C#N)COCC2. The maximum Gasteiger partial charge on any atom is 0.143 e. The molecular formula is C8H9N3O. The van der Waals surface area contributed by atoms with E-state index in [-0.39, 0.29) is 0 Å². The molecule has 0 aromatic carbocycles. The number of ether oxygens (including phenoxy) is 1. The second kappa shape index (κ2) is 2.61. The van der Waals surface area contributed by atoms with E-state index in [1.807, 2.05) is 0 Å². The molecule has 0 bridgehead atoms. The Bertz CT molecular complexity index is 348. The minimum atomic E-state index is 0.534. The van der Waals surface area contributed by atoms with E-state index in [9.17, 15) is 0 Å². The smallest absolute Gasteiger partial charge is 0.143 e. The highest BCUT2D eigenvalue weighted by Gasteiger charge is 2.18. The number of aryl methyl sites for hydroxylation is 1. The van der Waals surface area contributed by atoms with Crippen LogP contribution in [0, 0.1) is 11.3 Å². The predicted octanol–water partition coefficient (Wildman–Crippen LogP) is 0.364. The molecule has 0 fully saturated rings. The summed E-state index contributed by atoms with van der Waals surface area (Å²) in [5.41, 5.74) is 2.61. The molecule has 0 spiro atoms. The first kappa shape index (κ1) is 7.32. The fourth-order valence-electron chi connectivity index (χ4n) is 1.46. The van der Waals surface area contributed by atoms with Crippen molar-refractivity contribution in [3.05, 3.63) is 17.0 Å².